The molecule has 36 heavy (non-hydrogen) atoms. The Morgan fingerprint density at radius 1 is 0.528 bits per heavy atom. The van der Waals surface area contributed by atoms with Crippen molar-refractivity contribution in [1.29, 1.82) is 0 Å². The van der Waals surface area contributed by atoms with Crippen molar-refractivity contribution in [3.63, 3.8) is 0 Å². The predicted octanol–water partition coefficient (Wildman–Crippen LogP) is 7.91. The maximum absolute atomic E-state index is 2.54. The number of benzene rings is 6. The molecule has 0 fully saturated rings. The molecule has 6 aromatic carbocycles. The van der Waals surface area contributed by atoms with Gasteiger partial charge in [0, 0.05) is 32.5 Å². The van der Waals surface area contributed by atoms with Gasteiger partial charge in [-0.05, 0) is 64.2 Å². The van der Waals surface area contributed by atoms with E-state index < -0.39 is 0 Å². The predicted molar refractivity (Wildman–Crippen MR) is 155 cm³/mol. The summed E-state index contributed by atoms with van der Waals surface area (Å²) in [6.45, 7) is 2.25. The monoisotopic (exact) mass is 459 g/mol. The summed E-state index contributed by atoms with van der Waals surface area (Å²) in [5.41, 5.74) is 5.17. The highest BCUT2D eigenvalue weighted by molar-refractivity contribution is 6.37. The third kappa shape index (κ3) is 2.55. The van der Waals surface area contributed by atoms with Crippen molar-refractivity contribution in [1.82, 2.24) is 4.57 Å². The average molecular weight is 460 g/mol. The molecule has 0 N–H and O–H groups in total. The van der Waals surface area contributed by atoms with Gasteiger partial charge in [0.15, 0.2) is 0 Å². The van der Waals surface area contributed by atoms with E-state index in [1.54, 1.807) is 0 Å². The molecule has 0 amide bonds. The number of aryl methyl sites for hydroxylation is 1. The van der Waals surface area contributed by atoms with E-state index in [1.165, 1.54) is 75.8 Å². The van der Waals surface area contributed by atoms with Gasteiger partial charge in [-0.25, -0.2) is 0 Å². The number of para-hydroxylation sites is 1. The summed E-state index contributed by atoms with van der Waals surface area (Å²) >= 11 is 0. The third-order valence-corrected chi connectivity index (χ3v) is 8.07. The van der Waals surface area contributed by atoms with Crippen LogP contribution in [0.1, 0.15) is 18.4 Å². The van der Waals surface area contributed by atoms with Crippen molar-refractivity contribution < 1.29 is 0 Å². The van der Waals surface area contributed by atoms with Gasteiger partial charge in [-0.15, -0.1) is 0 Å². The number of aromatic nitrogens is 1. The molecule has 0 radical (unpaired) electrons. The number of rotatable bonds is 1. The zero-order chi connectivity index (χ0) is 23.8. The summed E-state index contributed by atoms with van der Waals surface area (Å²) in [5, 5.41) is 13.4. The third-order valence-electron chi connectivity index (χ3n) is 8.07. The van der Waals surface area contributed by atoms with E-state index in [9.17, 15) is 0 Å². The average Bonchev–Trinajstić information content (AvgIpc) is 3.29. The topological polar surface area (TPSA) is 4.93 Å². The number of hydrogen-bond donors (Lipinski definition) is 0. The molecule has 0 saturated carbocycles. The molecule has 0 saturated heterocycles. The Kier molecular flexibility index (Phi) is 4.05. The molecule has 7 aromatic rings. The molecule has 0 atom stereocenters. The minimum absolute atomic E-state index is 1.09. The zero-order valence-corrected chi connectivity index (χ0v) is 20.3. The molecule has 1 heterocycles. The summed E-state index contributed by atoms with van der Waals surface area (Å²) in [4.78, 5) is 0. The molecule has 0 bridgehead atoms. The summed E-state index contributed by atoms with van der Waals surface area (Å²) < 4.78 is 2.54. The Balaban J connectivity index is 1.81. The zero-order valence-electron chi connectivity index (χ0n) is 20.3. The number of nitrogens with zero attached hydrogens (tertiary/aromatic N) is 1. The van der Waals surface area contributed by atoms with Crippen LogP contribution in [-0.4, -0.2) is 4.57 Å². The standard InChI is InChI=1S/C35H25N/c1-22-21-31-27-16-8-10-18-29(27)35-33(32(31)28-17-9-7-14-25(22)28)30-20-19-23-11-5-6-15-26(23)34(30)36(35)24-12-3-2-4-13-24/h2-4,7-21H,5-6H2,1H3. The summed E-state index contributed by atoms with van der Waals surface area (Å²) in [7, 11) is 0. The van der Waals surface area contributed by atoms with Crippen molar-refractivity contribution in [3.05, 3.63) is 113 Å². The Morgan fingerprint density at radius 2 is 1.22 bits per heavy atom. The van der Waals surface area contributed by atoms with Crippen molar-refractivity contribution in [2.75, 3.05) is 0 Å². The second-order valence-electron chi connectivity index (χ2n) is 10.1. The molecule has 170 valence electrons. The molecule has 1 aromatic heterocycles. The van der Waals surface area contributed by atoms with Gasteiger partial charge in [0.25, 0.3) is 0 Å². The van der Waals surface area contributed by atoms with Crippen LogP contribution in [0, 0.1) is 6.92 Å². The lowest BCUT2D eigenvalue weighted by Crippen LogP contribution is -2.28. The molecule has 1 aliphatic rings. The maximum atomic E-state index is 2.54. The fourth-order valence-electron chi connectivity index (χ4n) is 6.58. The Labute approximate surface area is 209 Å². The first kappa shape index (κ1) is 19.9. The van der Waals surface area contributed by atoms with Crippen LogP contribution in [0.25, 0.3) is 72.0 Å². The van der Waals surface area contributed by atoms with Gasteiger partial charge < -0.3 is 4.57 Å². The number of fused-ring (bicyclic) bond motifs is 12. The molecule has 0 aliphatic heterocycles. The molecule has 1 heteroatoms. The van der Waals surface area contributed by atoms with Crippen LogP contribution < -0.4 is 10.4 Å². The SMILES string of the molecule is Cc1cc2c3ccccc3c3c(c4ccc5c(c4n3-c3ccccc3)=CCCC=5)c2c2ccccc12. The van der Waals surface area contributed by atoms with Gasteiger partial charge in [-0.3, -0.25) is 0 Å². The van der Waals surface area contributed by atoms with Crippen LogP contribution in [0.3, 0.4) is 0 Å². The Bertz CT molecular complexity index is 2140. The van der Waals surface area contributed by atoms with Crippen molar-refractivity contribution in [2.45, 2.75) is 19.8 Å². The van der Waals surface area contributed by atoms with Crippen LogP contribution in [0.5, 0.6) is 0 Å². The van der Waals surface area contributed by atoms with Gasteiger partial charge in [0.05, 0.1) is 11.0 Å². The van der Waals surface area contributed by atoms with Crippen LogP contribution >= 0.6 is 0 Å². The van der Waals surface area contributed by atoms with Crippen molar-refractivity contribution in [3.8, 4) is 5.69 Å². The molecule has 1 aliphatic carbocycles. The Morgan fingerprint density at radius 3 is 2.06 bits per heavy atom. The highest BCUT2D eigenvalue weighted by Gasteiger charge is 2.21. The van der Waals surface area contributed by atoms with Crippen LogP contribution in [-0.2, 0) is 0 Å². The number of hydrogen-bond acceptors (Lipinski definition) is 0. The van der Waals surface area contributed by atoms with Crippen molar-refractivity contribution >= 4 is 66.3 Å². The van der Waals surface area contributed by atoms with Gasteiger partial charge in [0.2, 0.25) is 0 Å². The quantitative estimate of drug-likeness (QED) is 0.220. The van der Waals surface area contributed by atoms with E-state index in [0.717, 1.165) is 12.8 Å². The summed E-state index contributed by atoms with van der Waals surface area (Å²) in [6, 6.07) is 35.9. The lowest BCUT2D eigenvalue weighted by molar-refractivity contribution is 1.11. The lowest BCUT2D eigenvalue weighted by atomic mass is 9.90. The maximum Gasteiger partial charge on any atom is 0.0626 e. The van der Waals surface area contributed by atoms with E-state index in [1.807, 2.05) is 0 Å². The first-order valence-electron chi connectivity index (χ1n) is 12.9. The molecular formula is C35H25N. The van der Waals surface area contributed by atoms with E-state index in [4.69, 9.17) is 0 Å². The molecule has 8 rings (SSSR count). The first-order chi connectivity index (χ1) is 17.8. The van der Waals surface area contributed by atoms with Crippen LogP contribution in [0.4, 0.5) is 0 Å². The fourth-order valence-corrected chi connectivity index (χ4v) is 6.58. The van der Waals surface area contributed by atoms with E-state index in [2.05, 4.69) is 121 Å². The molecule has 1 nitrogen and oxygen atoms in total. The molecular weight excluding hydrogens is 434 g/mol. The summed E-state index contributed by atoms with van der Waals surface area (Å²) in [5.74, 6) is 0. The largest absolute Gasteiger partial charge is 0.308 e. The smallest absolute Gasteiger partial charge is 0.0626 e. The van der Waals surface area contributed by atoms with Gasteiger partial charge >= 0.3 is 0 Å². The molecule has 0 unspecified atom stereocenters. The van der Waals surface area contributed by atoms with Gasteiger partial charge in [-0.2, -0.15) is 0 Å². The fraction of sp³-hybridized carbons (Fsp3) is 0.0857. The highest BCUT2D eigenvalue weighted by atomic mass is 15.0. The highest BCUT2D eigenvalue weighted by Crippen LogP contribution is 2.44. The van der Waals surface area contributed by atoms with Crippen LogP contribution in [0.2, 0.25) is 0 Å². The van der Waals surface area contributed by atoms with E-state index >= 15 is 0 Å². The second kappa shape index (κ2) is 7.32. The van der Waals surface area contributed by atoms with E-state index in [0.29, 0.717) is 0 Å². The molecule has 0 spiro atoms. The summed E-state index contributed by atoms with van der Waals surface area (Å²) in [6.07, 6.45) is 7.05. The van der Waals surface area contributed by atoms with Gasteiger partial charge in [0.1, 0.15) is 0 Å². The van der Waals surface area contributed by atoms with Crippen LogP contribution in [0.15, 0.2) is 97.1 Å². The lowest BCUT2D eigenvalue weighted by Gasteiger charge is -2.15. The normalized spacial score (nSPS) is 13.4. The van der Waals surface area contributed by atoms with E-state index in [-0.39, 0.29) is 0 Å². The second-order valence-corrected chi connectivity index (χ2v) is 10.1. The minimum atomic E-state index is 1.09. The van der Waals surface area contributed by atoms with Crippen molar-refractivity contribution in [2.24, 2.45) is 0 Å². The Hall–Kier alpha value is -4.36. The minimum Gasteiger partial charge on any atom is -0.308 e. The first-order valence-corrected chi connectivity index (χ1v) is 12.9. The van der Waals surface area contributed by atoms with Gasteiger partial charge in [-0.1, -0.05) is 97.1 Å².